The summed E-state index contributed by atoms with van der Waals surface area (Å²) in [5.74, 6) is 0. The molecule has 4 heteroatoms. The van der Waals surface area contributed by atoms with E-state index in [-0.39, 0.29) is 0 Å². The van der Waals surface area contributed by atoms with Gasteiger partial charge in [0, 0.05) is 11.8 Å². The number of rotatable bonds is 2. The Kier molecular flexibility index (Phi) is 3.63. The fourth-order valence-electron chi connectivity index (χ4n) is 1.57. The highest BCUT2D eigenvalue weighted by molar-refractivity contribution is 6.42. The molecule has 2 aromatic rings. The molecule has 0 amide bonds. The van der Waals surface area contributed by atoms with Gasteiger partial charge in [-0.3, -0.25) is 4.98 Å². The third-order valence-corrected chi connectivity index (χ3v) is 3.09. The van der Waals surface area contributed by atoms with Crippen molar-refractivity contribution >= 4 is 23.2 Å². The van der Waals surface area contributed by atoms with Crippen LogP contribution in [0.15, 0.2) is 36.5 Å². The molecule has 1 aromatic heterocycles. The SMILES string of the molecule is N#CCc1cccnc1-c1ccc(Cl)c(Cl)c1. The summed E-state index contributed by atoms with van der Waals surface area (Å²) in [5, 5.41) is 9.76. The van der Waals surface area contributed by atoms with Crippen LogP contribution in [0.1, 0.15) is 5.56 Å². The van der Waals surface area contributed by atoms with Gasteiger partial charge in [0.15, 0.2) is 0 Å². The summed E-state index contributed by atoms with van der Waals surface area (Å²) in [6, 6.07) is 11.1. The van der Waals surface area contributed by atoms with Crippen LogP contribution < -0.4 is 0 Å². The van der Waals surface area contributed by atoms with E-state index >= 15 is 0 Å². The first-order chi connectivity index (χ1) is 8.22. The quantitative estimate of drug-likeness (QED) is 0.817. The highest BCUT2D eigenvalue weighted by Gasteiger charge is 2.07. The van der Waals surface area contributed by atoms with Crippen LogP contribution in [0.5, 0.6) is 0 Å². The summed E-state index contributed by atoms with van der Waals surface area (Å²) in [6.07, 6.45) is 2.02. The molecule has 0 aliphatic heterocycles. The fourth-order valence-corrected chi connectivity index (χ4v) is 1.87. The van der Waals surface area contributed by atoms with E-state index in [0.29, 0.717) is 16.5 Å². The number of hydrogen-bond donors (Lipinski definition) is 0. The van der Waals surface area contributed by atoms with E-state index in [1.807, 2.05) is 18.2 Å². The minimum Gasteiger partial charge on any atom is -0.256 e. The maximum Gasteiger partial charge on any atom is 0.0744 e. The molecule has 17 heavy (non-hydrogen) atoms. The number of benzene rings is 1. The van der Waals surface area contributed by atoms with Crippen LogP contribution in [-0.2, 0) is 6.42 Å². The molecule has 1 heterocycles. The summed E-state index contributed by atoms with van der Waals surface area (Å²) in [6.45, 7) is 0. The molecule has 1 aromatic carbocycles. The Bertz CT molecular complexity index is 588. The zero-order chi connectivity index (χ0) is 12.3. The van der Waals surface area contributed by atoms with Crippen molar-refractivity contribution in [2.24, 2.45) is 0 Å². The Hall–Kier alpha value is -1.56. The molecule has 0 saturated carbocycles. The molecule has 2 rings (SSSR count). The second-order valence-electron chi connectivity index (χ2n) is 3.47. The lowest BCUT2D eigenvalue weighted by Gasteiger charge is -2.06. The molecular weight excluding hydrogens is 255 g/mol. The van der Waals surface area contributed by atoms with Crippen molar-refractivity contribution in [1.29, 1.82) is 5.26 Å². The second kappa shape index (κ2) is 5.18. The molecule has 0 fully saturated rings. The molecule has 0 aliphatic carbocycles. The van der Waals surface area contributed by atoms with Crippen molar-refractivity contribution in [2.75, 3.05) is 0 Å². The van der Waals surface area contributed by atoms with Gasteiger partial charge >= 0.3 is 0 Å². The normalized spacial score (nSPS) is 9.94. The molecule has 84 valence electrons. The third-order valence-electron chi connectivity index (χ3n) is 2.35. The minimum absolute atomic E-state index is 0.323. The van der Waals surface area contributed by atoms with Crippen LogP contribution >= 0.6 is 23.2 Å². The topological polar surface area (TPSA) is 36.7 Å². The maximum absolute atomic E-state index is 8.76. The Morgan fingerprint density at radius 2 is 2.00 bits per heavy atom. The Morgan fingerprint density at radius 3 is 2.71 bits per heavy atom. The van der Waals surface area contributed by atoms with Crippen LogP contribution in [-0.4, -0.2) is 4.98 Å². The minimum atomic E-state index is 0.323. The molecular formula is C13H8Cl2N2. The van der Waals surface area contributed by atoms with Crippen molar-refractivity contribution in [3.8, 4) is 17.3 Å². The Balaban J connectivity index is 2.53. The van der Waals surface area contributed by atoms with Crippen molar-refractivity contribution < 1.29 is 0 Å². The number of hydrogen-bond acceptors (Lipinski definition) is 2. The monoisotopic (exact) mass is 262 g/mol. The number of nitrogens with zero attached hydrogens (tertiary/aromatic N) is 2. The molecule has 0 radical (unpaired) electrons. The fraction of sp³-hybridized carbons (Fsp3) is 0.0769. The third kappa shape index (κ3) is 2.58. The van der Waals surface area contributed by atoms with Crippen LogP contribution in [0.25, 0.3) is 11.3 Å². The molecule has 0 spiro atoms. The molecule has 0 aliphatic rings. The van der Waals surface area contributed by atoms with Crippen molar-refractivity contribution in [3.05, 3.63) is 52.1 Å². The molecule has 2 nitrogen and oxygen atoms in total. The van der Waals surface area contributed by atoms with Gasteiger partial charge in [0.05, 0.1) is 28.2 Å². The zero-order valence-corrected chi connectivity index (χ0v) is 10.3. The van der Waals surface area contributed by atoms with Crippen LogP contribution in [0, 0.1) is 11.3 Å². The number of pyridine rings is 1. The van der Waals surface area contributed by atoms with E-state index in [1.54, 1.807) is 18.3 Å². The second-order valence-corrected chi connectivity index (χ2v) is 4.29. The summed E-state index contributed by atoms with van der Waals surface area (Å²) in [7, 11) is 0. The highest BCUT2D eigenvalue weighted by atomic mass is 35.5. The molecule has 0 atom stereocenters. The van der Waals surface area contributed by atoms with E-state index in [4.69, 9.17) is 28.5 Å². The van der Waals surface area contributed by atoms with E-state index in [0.717, 1.165) is 16.8 Å². The molecule has 0 bridgehead atoms. The van der Waals surface area contributed by atoms with E-state index in [1.165, 1.54) is 0 Å². The zero-order valence-electron chi connectivity index (χ0n) is 8.82. The van der Waals surface area contributed by atoms with Gasteiger partial charge < -0.3 is 0 Å². The summed E-state index contributed by atoms with van der Waals surface area (Å²) >= 11 is 11.8. The van der Waals surface area contributed by atoms with Gasteiger partial charge in [-0.15, -0.1) is 0 Å². The van der Waals surface area contributed by atoms with Gasteiger partial charge in [-0.2, -0.15) is 5.26 Å². The van der Waals surface area contributed by atoms with Gasteiger partial charge in [-0.1, -0.05) is 35.3 Å². The van der Waals surface area contributed by atoms with Gasteiger partial charge in [-0.05, 0) is 23.8 Å². The van der Waals surface area contributed by atoms with Crippen LogP contribution in [0.2, 0.25) is 10.0 Å². The van der Waals surface area contributed by atoms with Crippen LogP contribution in [0.4, 0.5) is 0 Å². The summed E-state index contributed by atoms with van der Waals surface area (Å²) < 4.78 is 0. The smallest absolute Gasteiger partial charge is 0.0744 e. The predicted octanol–water partition coefficient (Wildman–Crippen LogP) is 4.12. The lowest BCUT2D eigenvalue weighted by atomic mass is 10.0. The molecule has 0 N–H and O–H groups in total. The van der Waals surface area contributed by atoms with E-state index in [9.17, 15) is 0 Å². The predicted molar refractivity (Wildman–Crippen MR) is 69.0 cm³/mol. The lowest BCUT2D eigenvalue weighted by molar-refractivity contribution is 1.20. The van der Waals surface area contributed by atoms with E-state index < -0.39 is 0 Å². The average molecular weight is 263 g/mol. The first kappa shape index (κ1) is 11.9. The van der Waals surface area contributed by atoms with Crippen LogP contribution in [0.3, 0.4) is 0 Å². The van der Waals surface area contributed by atoms with Gasteiger partial charge in [-0.25, -0.2) is 0 Å². The number of nitriles is 1. The average Bonchev–Trinajstić information content (AvgIpc) is 2.34. The summed E-state index contributed by atoms with van der Waals surface area (Å²) in [5.41, 5.74) is 2.52. The maximum atomic E-state index is 8.76. The number of halogens is 2. The number of aromatic nitrogens is 1. The van der Waals surface area contributed by atoms with Gasteiger partial charge in [0.1, 0.15) is 0 Å². The van der Waals surface area contributed by atoms with Crippen molar-refractivity contribution in [2.45, 2.75) is 6.42 Å². The summed E-state index contributed by atoms with van der Waals surface area (Å²) in [4.78, 5) is 4.29. The van der Waals surface area contributed by atoms with Crippen molar-refractivity contribution in [1.82, 2.24) is 4.98 Å². The van der Waals surface area contributed by atoms with Gasteiger partial charge in [0.2, 0.25) is 0 Å². The van der Waals surface area contributed by atoms with Crippen molar-refractivity contribution in [3.63, 3.8) is 0 Å². The Morgan fingerprint density at radius 1 is 1.18 bits per heavy atom. The Labute approximate surface area is 109 Å². The lowest BCUT2D eigenvalue weighted by Crippen LogP contribution is -1.91. The largest absolute Gasteiger partial charge is 0.256 e. The van der Waals surface area contributed by atoms with Gasteiger partial charge in [0.25, 0.3) is 0 Å². The van der Waals surface area contributed by atoms with E-state index in [2.05, 4.69) is 11.1 Å². The highest BCUT2D eigenvalue weighted by Crippen LogP contribution is 2.29. The molecule has 0 unspecified atom stereocenters. The standard InChI is InChI=1S/C13H8Cl2N2/c14-11-4-3-10(8-12(11)15)13-9(5-6-16)2-1-7-17-13/h1-4,7-8H,5H2. The first-order valence-electron chi connectivity index (χ1n) is 4.98. The first-order valence-corrected chi connectivity index (χ1v) is 5.74. The molecule has 0 saturated heterocycles.